The van der Waals surface area contributed by atoms with Crippen LogP contribution in [0.2, 0.25) is 0 Å². The first kappa shape index (κ1) is 26.1. The lowest BCUT2D eigenvalue weighted by Crippen LogP contribution is -2.57. The maximum Gasteiger partial charge on any atom is 0.322 e. The normalized spacial score (nSPS) is 15.0. The number of carboxylic acids is 1. The van der Waals surface area contributed by atoms with Crippen molar-refractivity contribution in [1.29, 1.82) is 0 Å². The summed E-state index contributed by atoms with van der Waals surface area (Å²) in [4.78, 5) is 47.5. The number of nitrogens with one attached hydrogen (secondary N) is 3. The van der Waals surface area contributed by atoms with Crippen molar-refractivity contribution in [1.82, 2.24) is 16.0 Å². The highest BCUT2D eigenvalue weighted by molar-refractivity contribution is 7.80. The average Bonchev–Trinajstić information content (AvgIpc) is 2.67. The molecule has 162 valence electrons. The van der Waals surface area contributed by atoms with E-state index in [1.807, 2.05) is 13.8 Å². The molecule has 0 fully saturated rings. The van der Waals surface area contributed by atoms with Crippen LogP contribution in [-0.2, 0) is 19.2 Å². The van der Waals surface area contributed by atoms with Crippen molar-refractivity contribution in [2.75, 3.05) is 18.8 Å². The van der Waals surface area contributed by atoms with Crippen LogP contribution in [0.15, 0.2) is 0 Å². The summed E-state index contributed by atoms with van der Waals surface area (Å²) in [6.45, 7) is 3.64. The summed E-state index contributed by atoms with van der Waals surface area (Å²) in [5.74, 6) is -2.98. The van der Waals surface area contributed by atoms with E-state index in [-0.39, 0.29) is 11.7 Å². The zero-order valence-corrected chi connectivity index (χ0v) is 17.3. The smallest absolute Gasteiger partial charge is 0.322 e. The first-order chi connectivity index (χ1) is 13.2. The first-order valence-corrected chi connectivity index (χ1v) is 9.97. The highest BCUT2D eigenvalue weighted by Gasteiger charge is 2.28. The molecule has 0 aromatic carbocycles. The van der Waals surface area contributed by atoms with Crippen LogP contribution in [0, 0.1) is 5.92 Å². The van der Waals surface area contributed by atoms with Gasteiger partial charge in [0.1, 0.15) is 18.6 Å². The molecule has 3 amide bonds. The van der Waals surface area contributed by atoms with E-state index in [9.17, 15) is 19.2 Å². The molecular weight excluding hydrogens is 386 g/mol. The molecule has 0 aliphatic heterocycles. The van der Waals surface area contributed by atoms with Crippen LogP contribution < -0.4 is 27.4 Å². The Labute approximate surface area is 171 Å². The van der Waals surface area contributed by atoms with E-state index in [1.165, 1.54) is 0 Å². The van der Waals surface area contributed by atoms with E-state index in [0.717, 1.165) is 0 Å². The summed E-state index contributed by atoms with van der Waals surface area (Å²) in [5.41, 5.74) is 11.4. The van der Waals surface area contributed by atoms with Gasteiger partial charge in [-0.2, -0.15) is 12.6 Å². The van der Waals surface area contributed by atoms with Gasteiger partial charge in [-0.15, -0.1) is 0 Å². The van der Waals surface area contributed by atoms with Gasteiger partial charge >= 0.3 is 5.97 Å². The van der Waals surface area contributed by atoms with Crippen LogP contribution in [0.25, 0.3) is 0 Å². The quantitative estimate of drug-likeness (QED) is 0.134. The second-order valence-electron chi connectivity index (χ2n) is 6.61. The maximum absolute atomic E-state index is 12.6. The Bertz CT molecular complexity index is 534. The number of hydrogen-bond donors (Lipinski definition) is 7. The number of nitrogens with two attached hydrogens (primary N) is 2. The zero-order chi connectivity index (χ0) is 21.7. The van der Waals surface area contributed by atoms with Gasteiger partial charge in [-0.25, -0.2) is 0 Å². The van der Waals surface area contributed by atoms with Crippen molar-refractivity contribution >= 4 is 36.3 Å². The summed E-state index contributed by atoms with van der Waals surface area (Å²) in [5, 5.41) is 16.0. The number of carbonyl (C=O) groups excluding carboxylic acids is 3. The minimum atomic E-state index is -1.21. The van der Waals surface area contributed by atoms with Crippen molar-refractivity contribution in [3.05, 3.63) is 0 Å². The Morgan fingerprint density at radius 2 is 1.64 bits per heavy atom. The van der Waals surface area contributed by atoms with Crippen molar-refractivity contribution in [3.8, 4) is 0 Å². The molecule has 0 unspecified atom stereocenters. The number of rotatable bonds is 14. The van der Waals surface area contributed by atoms with Crippen molar-refractivity contribution in [3.63, 3.8) is 0 Å². The molecule has 0 heterocycles. The topological polar surface area (TPSA) is 177 Å². The third kappa shape index (κ3) is 9.90. The number of carbonyl (C=O) groups is 4. The van der Waals surface area contributed by atoms with Gasteiger partial charge in [0, 0.05) is 5.75 Å². The van der Waals surface area contributed by atoms with Gasteiger partial charge in [0.15, 0.2) is 0 Å². The summed E-state index contributed by atoms with van der Waals surface area (Å²) >= 11 is 4.02. The van der Waals surface area contributed by atoms with Gasteiger partial charge in [0.25, 0.3) is 0 Å². The Morgan fingerprint density at radius 1 is 1.04 bits per heavy atom. The minimum absolute atomic E-state index is 0.0347. The van der Waals surface area contributed by atoms with E-state index in [1.54, 1.807) is 0 Å². The fourth-order valence-electron chi connectivity index (χ4n) is 2.29. The van der Waals surface area contributed by atoms with Crippen LogP contribution >= 0.6 is 12.6 Å². The molecule has 0 aliphatic rings. The number of amides is 3. The third-order valence-corrected chi connectivity index (χ3v) is 4.73. The maximum atomic E-state index is 12.6. The van der Waals surface area contributed by atoms with Gasteiger partial charge < -0.3 is 32.5 Å². The molecule has 4 atom stereocenters. The van der Waals surface area contributed by atoms with Gasteiger partial charge in [-0.1, -0.05) is 20.3 Å². The Kier molecular flexibility index (Phi) is 13.3. The van der Waals surface area contributed by atoms with Crippen molar-refractivity contribution < 1.29 is 24.3 Å². The molecule has 0 radical (unpaired) electrons. The molecule has 0 bridgehead atoms. The van der Waals surface area contributed by atoms with Crippen LogP contribution in [0.4, 0.5) is 0 Å². The molecule has 0 saturated heterocycles. The summed E-state index contributed by atoms with van der Waals surface area (Å²) in [7, 11) is 0. The largest absolute Gasteiger partial charge is 0.480 e. The summed E-state index contributed by atoms with van der Waals surface area (Å²) < 4.78 is 0. The number of carboxylic acid groups (broad SMARTS) is 1. The second-order valence-corrected chi connectivity index (χ2v) is 6.98. The molecule has 0 aromatic rings. The molecule has 0 aliphatic carbocycles. The van der Waals surface area contributed by atoms with E-state index in [4.69, 9.17) is 16.6 Å². The molecule has 11 heteroatoms. The van der Waals surface area contributed by atoms with E-state index in [0.29, 0.717) is 32.2 Å². The van der Waals surface area contributed by atoms with Crippen LogP contribution in [0.5, 0.6) is 0 Å². The van der Waals surface area contributed by atoms with E-state index in [2.05, 4.69) is 28.6 Å². The fraction of sp³-hybridized carbons (Fsp3) is 0.765. The lowest BCUT2D eigenvalue weighted by atomic mass is 9.98. The number of unbranched alkanes of at least 4 members (excludes halogenated alkanes) is 1. The van der Waals surface area contributed by atoms with Crippen molar-refractivity contribution in [2.24, 2.45) is 17.4 Å². The number of thiol groups is 1. The van der Waals surface area contributed by atoms with Crippen LogP contribution in [0.3, 0.4) is 0 Å². The summed E-state index contributed by atoms with van der Waals surface area (Å²) in [6, 6.07) is -2.68. The number of hydrogen-bond acceptors (Lipinski definition) is 7. The Hall–Kier alpha value is -1.85. The van der Waals surface area contributed by atoms with Gasteiger partial charge in [0.05, 0.1) is 6.04 Å². The van der Waals surface area contributed by atoms with Crippen LogP contribution in [0.1, 0.15) is 39.5 Å². The zero-order valence-electron chi connectivity index (χ0n) is 16.4. The van der Waals surface area contributed by atoms with Gasteiger partial charge in [-0.3, -0.25) is 19.2 Å². The average molecular weight is 420 g/mol. The number of aliphatic carboxylic acids is 1. The van der Waals surface area contributed by atoms with Crippen molar-refractivity contribution in [2.45, 2.75) is 57.7 Å². The second kappa shape index (κ2) is 14.2. The van der Waals surface area contributed by atoms with E-state index >= 15 is 0 Å². The summed E-state index contributed by atoms with van der Waals surface area (Å²) in [6.07, 6.45) is 2.32. The lowest BCUT2D eigenvalue weighted by Gasteiger charge is -2.25. The van der Waals surface area contributed by atoms with Gasteiger partial charge in [-0.05, 0) is 31.7 Å². The molecule has 8 N–H and O–H groups in total. The highest BCUT2D eigenvalue weighted by atomic mass is 32.1. The standard InChI is InChI=1S/C17H33N5O5S/c1-3-10(2)14(19)17(27)21-11(6-4-5-7-18)16(26)22-12(9-28)15(25)20-8-13(23)24/h10-12,14,28H,3-9,18-19H2,1-2H3,(H,20,25)(H,21,27)(H,22,26)(H,23,24)/t10-,11-,12-,14-/m0/s1. The molecule has 28 heavy (non-hydrogen) atoms. The first-order valence-electron chi connectivity index (χ1n) is 9.34. The molecule has 0 rings (SSSR count). The highest BCUT2D eigenvalue weighted by Crippen LogP contribution is 2.08. The lowest BCUT2D eigenvalue weighted by molar-refractivity contribution is -0.138. The third-order valence-electron chi connectivity index (χ3n) is 4.37. The fourth-order valence-corrected chi connectivity index (χ4v) is 2.55. The van der Waals surface area contributed by atoms with Crippen LogP contribution in [-0.4, -0.2) is 65.8 Å². The Balaban J connectivity index is 5.05. The molecule has 0 spiro atoms. The Morgan fingerprint density at radius 3 is 2.14 bits per heavy atom. The minimum Gasteiger partial charge on any atom is -0.480 e. The molecule has 0 aromatic heterocycles. The molecular formula is C17H33N5O5S. The van der Waals surface area contributed by atoms with Gasteiger partial charge in [0.2, 0.25) is 17.7 Å². The monoisotopic (exact) mass is 419 g/mol. The molecule has 10 nitrogen and oxygen atoms in total. The predicted octanol–water partition coefficient (Wildman–Crippen LogP) is -1.41. The van der Waals surface area contributed by atoms with E-state index < -0.39 is 48.4 Å². The predicted molar refractivity (Wildman–Crippen MR) is 109 cm³/mol. The SMILES string of the molecule is CC[C@H](C)[C@H](N)C(=O)N[C@@H](CCCCN)C(=O)N[C@@H](CS)C(=O)NCC(=O)O. The molecule has 0 saturated carbocycles.